The summed E-state index contributed by atoms with van der Waals surface area (Å²) in [5, 5.41) is 0. The van der Waals surface area contributed by atoms with E-state index in [0.29, 0.717) is 13.0 Å². The molecule has 0 saturated carbocycles. The molecular weight excluding hydrogens is 412 g/mol. The summed E-state index contributed by atoms with van der Waals surface area (Å²) in [7, 11) is 0. The maximum absolute atomic E-state index is 5.66. The summed E-state index contributed by atoms with van der Waals surface area (Å²) in [5.41, 5.74) is 5.09. The van der Waals surface area contributed by atoms with Crippen molar-refractivity contribution >= 4 is 11.5 Å². The molecule has 1 saturated heterocycles. The predicted octanol–water partition coefficient (Wildman–Crippen LogP) is 4.23. The molecule has 0 radical (unpaired) electrons. The number of aromatic nitrogens is 5. The highest BCUT2D eigenvalue weighted by Crippen LogP contribution is 2.21. The Morgan fingerprint density at radius 2 is 1.79 bits per heavy atom. The second-order valence-corrected chi connectivity index (χ2v) is 8.58. The van der Waals surface area contributed by atoms with Crippen LogP contribution >= 0.6 is 0 Å². The summed E-state index contributed by atoms with van der Waals surface area (Å²) in [6.07, 6.45) is 10.6. The van der Waals surface area contributed by atoms with Gasteiger partial charge in [-0.15, -0.1) is 0 Å². The maximum Gasteiger partial charge on any atom is 0.136 e. The molecule has 5 heterocycles. The van der Waals surface area contributed by atoms with Crippen LogP contribution in [0.4, 0.5) is 5.82 Å². The highest BCUT2D eigenvalue weighted by atomic mass is 16.5. The first-order valence-corrected chi connectivity index (χ1v) is 11.8. The third-order valence-corrected chi connectivity index (χ3v) is 5.89. The zero-order chi connectivity index (χ0) is 22.5. The molecule has 0 amide bonds. The van der Waals surface area contributed by atoms with E-state index >= 15 is 0 Å². The Labute approximate surface area is 194 Å². The zero-order valence-electron chi connectivity index (χ0n) is 19.2. The Hall–Kier alpha value is -3.32. The first-order valence-electron chi connectivity index (χ1n) is 11.8. The molecule has 1 fully saturated rings. The van der Waals surface area contributed by atoms with Gasteiger partial charge in [0.15, 0.2) is 0 Å². The molecule has 4 aromatic heterocycles. The highest BCUT2D eigenvalue weighted by Gasteiger charge is 2.17. The monoisotopic (exact) mass is 442 g/mol. The first-order chi connectivity index (χ1) is 16.3. The SMILES string of the molecule is CCCOCc1cccc(Cc2nc(Cc3ccn4ccnc4c3)cc(N3CCCC3)n2)n1. The third kappa shape index (κ3) is 5.37. The predicted molar refractivity (Wildman–Crippen MR) is 128 cm³/mol. The fourth-order valence-electron chi connectivity index (χ4n) is 4.28. The van der Waals surface area contributed by atoms with E-state index in [2.05, 4.69) is 41.2 Å². The summed E-state index contributed by atoms with van der Waals surface area (Å²) >= 11 is 0. The van der Waals surface area contributed by atoms with Gasteiger partial charge in [-0.3, -0.25) is 4.98 Å². The second-order valence-electron chi connectivity index (χ2n) is 8.58. The van der Waals surface area contributed by atoms with Crippen LogP contribution in [0.2, 0.25) is 0 Å². The fraction of sp³-hybridized carbons (Fsp3) is 0.385. The van der Waals surface area contributed by atoms with Crippen molar-refractivity contribution < 1.29 is 4.74 Å². The van der Waals surface area contributed by atoms with Crippen LogP contribution < -0.4 is 4.90 Å². The van der Waals surface area contributed by atoms with E-state index in [1.165, 1.54) is 18.4 Å². The zero-order valence-corrected chi connectivity index (χ0v) is 19.2. The first kappa shape index (κ1) is 21.5. The summed E-state index contributed by atoms with van der Waals surface area (Å²) in [4.78, 5) is 21.4. The summed E-state index contributed by atoms with van der Waals surface area (Å²) in [6, 6.07) is 12.5. The number of nitrogens with zero attached hydrogens (tertiary/aromatic N) is 6. The summed E-state index contributed by atoms with van der Waals surface area (Å²) < 4.78 is 7.68. The molecule has 0 aromatic carbocycles. The lowest BCUT2D eigenvalue weighted by Gasteiger charge is -2.18. The average Bonchev–Trinajstić information content (AvgIpc) is 3.51. The van der Waals surface area contributed by atoms with Gasteiger partial charge in [0.05, 0.1) is 24.4 Å². The number of anilines is 1. The molecule has 5 rings (SSSR count). The number of imidazole rings is 1. The van der Waals surface area contributed by atoms with Crippen molar-refractivity contribution in [1.29, 1.82) is 0 Å². The summed E-state index contributed by atoms with van der Waals surface area (Å²) in [6.45, 7) is 5.51. The van der Waals surface area contributed by atoms with Crippen LogP contribution in [0.25, 0.3) is 5.65 Å². The van der Waals surface area contributed by atoms with E-state index in [1.54, 1.807) is 0 Å². The molecule has 1 aliphatic heterocycles. The number of hydrogen-bond donors (Lipinski definition) is 0. The molecule has 7 heteroatoms. The molecule has 4 aromatic rings. The fourth-order valence-corrected chi connectivity index (χ4v) is 4.28. The smallest absolute Gasteiger partial charge is 0.136 e. The Morgan fingerprint density at radius 3 is 2.67 bits per heavy atom. The number of ether oxygens (including phenoxy) is 1. The van der Waals surface area contributed by atoms with Gasteiger partial charge in [0.1, 0.15) is 17.3 Å². The molecular formula is C26H30N6O. The Bertz CT molecular complexity index is 1210. The number of pyridine rings is 2. The normalized spacial score (nSPS) is 13.8. The van der Waals surface area contributed by atoms with Crippen molar-refractivity contribution in [1.82, 2.24) is 24.3 Å². The standard InChI is InChI=1S/C26H30N6O/c1-2-14-33-19-22-7-5-6-21(28-22)17-24-29-23(18-26(30-24)31-10-3-4-11-31)15-20-8-12-32-13-9-27-25(32)16-20/h5-9,12-13,16,18H,2-4,10-11,14-15,17,19H2,1H3. The molecule has 0 bridgehead atoms. The van der Waals surface area contributed by atoms with E-state index in [9.17, 15) is 0 Å². The van der Waals surface area contributed by atoms with Gasteiger partial charge in [0.25, 0.3) is 0 Å². The van der Waals surface area contributed by atoms with E-state index in [-0.39, 0.29) is 0 Å². The van der Waals surface area contributed by atoms with Gasteiger partial charge in [0.2, 0.25) is 0 Å². The van der Waals surface area contributed by atoms with Crippen molar-refractivity contribution in [2.75, 3.05) is 24.6 Å². The van der Waals surface area contributed by atoms with Crippen LogP contribution in [-0.2, 0) is 24.2 Å². The second kappa shape index (κ2) is 10.1. The Morgan fingerprint density at radius 1 is 0.909 bits per heavy atom. The molecule has 0 spiro atoms. The molecule has 0 aliphatic carbocycles. The number of rotatable bonds is 9. The van der Waals surface area contributed by atoms with Crippen LogP contribution in [0, 0.1) is 0 Å². The molecule has 0 atom stereocenters. The van der Waals surface area contributed by atoms with Gasteiger partial charge in [0, 0.05) is 56.5 Å². The number of fused-ring (bicyclic) bond motifs is 1. The molecule has 170 valence electrons. The van der Waals surface area contributed by atoms with Gasteiger partial charge in [-0.25, -0.2) is 15.0 Å². The minimum Gasteiger partial charge on any atom is -0.375 e. The van der Waals surface area contributed by atoms with E-state index in [1.807, 2.05) is 35.0 Å². The van der Waals surface area contributed by atoms with Crippen molar-refractivity contribution in [3.05, 3.63) is 83.5 Å². The van der Waals surface area contributed by atoms with Crippen LogP contribution in [0.5, 0.6) is 0 Å². The number of hydrogen-bond acceptors (Lipinski definition) is 6. The van der Waals surface area contributed by atoms with Gasteiger partial charge in [-0.1, -0.05) is 13.0 Å². The van der Waals surface area contributed by atoms with Crippen molar-refractivity contribution in [3.63, 3.8) is 0 Å². The lowest BCUT2D eigenvalue weighted by Crippen LogP contribution is -2.20. The van der Waals surface area contributed by atoms with E-state index < -0.39 is 0 Å². The van der Waals surface area contributed by atoms with Crippen LogP contribution in [0.1, 0.15) is 54.7 Å². The van der Waals surface area contributed by atoms with E-state index in [0.717, 1.165) is 66.9 Å². The molecule has 0 N–H and O–H groups in total. The minimum absolute atomic E-state index is 0.540. The topological polar surface area (TPSA) is 68.4 Å². The lowest BCUT2D eigenvalue weighted by atomic mass is 10.1. The van der Waals surface area contributed by atoms with Crippen molar-refractivity contribution in [2.45, 2.75) is 45.6 Å². The van der Waals surface area contributed by atoms with Crippen LogP contribution in [-0.4, -0.2) is 44.0 Å². The van der Waals surface area contributed by atoms with Crippen LogP contribution in [0.15, 0.2) is 55.0 Å². The maximum atomic E-state index is 5.66. The van der Waals surface area contributed by atoms with E-state index in [4.69, 9.17) is 19.7 Å². The Balaban J connectivity index is 1.40. The molecule has 0 unspecified atom stereocenters. The van der Waals surface area contributed by atoms with Crippen molar-refractivity contribution in [3.8, 4) is 0 Å². The van der Waals surface area contributed by atoms with Gasteiger partial charge < -0.3 is 14.0 Å². The quantitative estimate of drug-likeness (QED) is 0.362. The third-order valence-electron chi connectivity index (χ3n) is 5.89. The molecule has 7 nitrogen and oxygen atoms in total. The largest absolute Gasteiger partial charge is 0.375 e. The lowest BCUT2D eigenvalue weighted by molar-refractivity contribution is 0.119. The van der Waals surface area contributed by atoms with Gasteiger partial charge in [-0.05, 0) is 49.1 Å². The van der Waals surface area contributed by atoms with Gasteiger partial charge >= 0.3 is 0 Å². The minimum atomic E-state index is 0.540. The summed E-state index contributed by atoms with van der Waals surface area (Å²) in [5.74, 6) is 1.84. The molecule has 33 heavy (non-hydrogen) atoms. The molecule has 1 aliphatic rings. The highest BCUT2D eigenvalue weighted by molar-refractivity contribution is 5.45. The van der Waals surface area contributed by atoms with Crippen molar-refractivity contribution in [2.24, 2.45) is 0 Å². The van der Waals surface area contributed by atoms with Crippen LogP contribution in [0.3, 0.4) is 0 Å². The Kier molecular flexibility index (Phi) is 6.58. The average molecular weight is 443 g/mol. The van der Waals surface area contributed by atoms with Gasteiger partial charge in [-0.2, -0.15) is 0 Å².